The van der Waals surface area contributed by atoms with Crippen molar-refractivity contribution in [3.63, 3.8) is 0 Å². The van der Waals surface area contributed by atoms with E-state index in [4.69, 9.17) is 4.74 Å². The first-order valence-corrected chi connectivity index (χ1v) is 5.67. The molecule has 0 aliphatic carbocycles. The van der Waals surface area contributed by atoms with E-state index < -0.39 is 4.92 Å². The fourth-order valence-electron chi connectivity index (χ4n) is 2.15. The highest BCUT2D eigenvalue weighted by molar-refractivity contribution is 5.83. The van der Waals surface area contributed by atoms with Gasteiger partial charge in [0.25, 0.3) is 5.69 Å². The number of anilines is 1. The molecule has 1 saturated heterocycles. The summed E-state index contributed by atoms with van der Waals surface area (Å²) in [6.07, 6.45) is 1.62. The first kappa shape index (κ1) is 12.5. The molecule has 1 unspecified atom stereocenters. The van der Waals surface area contributed by atoms with Crippen LogP contribution in [0.2, 0.25) is 0 Å². The van der Waals surface area contributed by atoms with Gasteiger partial charge in [-0.15, -0.1) is 0 Å². The molecular weight excluding hydrogens is 236 g/mol. The first-order valence-electron chi connectivity index (χ1n) is 5.67. The SMILES string of the molecule is COC1CCN(c2ccc([N+](=O)[O-])c(C=O)c2)C1. The van der Waals surface area contributed by atoms with E-state index in [2.05, 4.69) is 4.90 Å². The minimum Gasteiger partial charge on any atom is -0.380 e. The van der Waals surface area contributed by atoms with E-state index in [9.17, 15) is 14.9 Å². The molecule has 1 aliphatic rings. The summed E-state index contributed by atoms with van der Waals surface area (Å²) in [4.78, 5) is 23.1. The van der Waals surface area contributed by atoms with Crippen LogP contribution < -0.4 is 4.90 Å². The van der Waals surface area contributed by atoms with Crippen molar-refractivity contribution in [2.75, 3.05) is 25.1 Å². The van der Waals surface area contributed by atoms with E-state index in [0.29, 0.717) is 6.29 Å². The second-order valence-electron chi connectivity index (χ2n) is 4.21. The Morgan fingerprint density at radius 3 is 2.89 bits per heavy atom. The molecule has 1 atom stereocenters. The molecule has 0 aromatic heterocycles. The summed E-state index contributed by atoms with van der Waals surface area (Å²) in [6.45, 7) is 1.57. The molecule has 6 nitrogen and oxygen atoms in total. The number of aldehydes is 1. The number of nitro benzene ring substituents is 1. The zero-order valence-corrected chi connectivity index (χ0v) is 10.0. The standard InChI is InChI=1S/C12H14N2O4/c1-18-11-4-5-13(7-11)10-2-3-12(14(16)17)9(6-10)8-15/h2-3,6,8,11H,4-5,7H2,1H3. The molecule has 1 fully saturated rings. The number of carbonyl (C=O) groups is 1. The van der Waals surface area contributed by atoms with Gasteiger partial charge in [0.2, 0.25) is 0 Å². The van der Waals surface area contributed by atoms with E-state index in [1.807, 2.05) is 0 Å². The Morgan fingerprint density at radius 2 is 2.33 bits per heavy atom. The molecule has 1 aliphatic heterocycles. The average molecular weight is 250 g/mol. The lowest BCUT2D eigenvalue weighted by Gasteiger charge is -2.18. The van der Waals surface area contributed by atoms with Crippen LogP contribution in [-0.4, -0.2) is 37.5 Å². The number of nitro groups is 1. The van der Waals surface area contributed by atoms with Crippen LogP contribution in [0.4, 0.5) is 11.4 Å². The van der Waals surface area contributed by atoms with Gasteiger partial charge in [0.1, 0.15) is 0 Å². The van der Waals surface area contributed by atoms with Crippen LogP contribution >= 0.6 is 0 Å². The van der Waals surface area contributed by atoms with Crippen molar-refractivity contribution in [1.82, 2.24) is 0 Å². The summed E-state index contributed by atoms with van der Waals surface area (Å²) >= 11 is 0. The van der Waals surface area contributed by atoms with Gasteiger partial charge < -0.3 is 9.64 Å². The van der Waals surface area contributed by atoms with Gasteiger partial charge in [-0.3, -0.25) is 14.9 Å². The van der Waals surface area contributed by atoms with E-state index in [1.54, 1.807) is 19.2 Å². The normalized spacial score (nSPS) is 18.9. The Hall–Kier alpha value is -1.95. The number of carbonyl (C=O) groups excluding carboxylic acids is 1. The average Bonchev–Trinajstić information content (AvgIpc) is 2.86. The molecule has 0 spiro atoms. The second kappa shape index (κ2) is 5.14. The summed E-state index contributed by atoms with van der Waals surface area (Å²) in [5.41, 5.74) is 0.775. The number of benzene rings is 1. The van der Waals surface area contributed by atoms with Gasteiger partial charge in [0.15, 0.2) is 6.29 Å². The Morgan fingerprint density at radius 1 is 1.56 bits per heavy atom. The smallest absolute Gasteiger partial charge is 0.280 e. The Kier molecular flexibility index (Phi) is 3.57. The van der Waals surface area contributed by atoms with Crippen LogP contribution in [0, 0.1) is 10.1 Å². The van der Waals surface area contributed by atoms with Gasteiger partial charge in [0, 0.05) is 32.0 Å². The van der Waals surface area contributed by atoms with Gasteiger partial charge in [-0.05, 0) is 18.6 Å². The van der Waals surface area contributed by atoms with Crippen molar-refractivity contribution in [3.8, 4) is 0 Å². The van der Waals surface area contributed by atoms with E-state index in [0.717, 1.165) is 25.2 Å². The van der Waals surface area contributed by atoms with Crippen molar-refractivity contribution in [1.29, 1.82) is 0 Å². The lowest BCUT2D eigenvalue weighted by atomic mass is 10.1. The molecule has 1 heterocycles. The summed E-state index contributed by atoms with van der Waals surface area (Å²) in [5.74, 6) is 0. The molecule has 0 amide bonds. The van der Waals surface area contributed by atoms with Gasteiger partial charge in [0.05, 0.1) is 16.6 Å². The van der Waals surface area contributed by atoms with E-state index in [-0.39, 0.29) is 17.4 Å². The Balaban J connectivity index is 2.25. The number of methoxy groups -OCH3 is 1. The molecule has 18 heavy (non-hydrogen) atoms. The molecule has 0 bridgehead atoms. The maximum Gasteiger partial charge on any atom is 0.280 e. The van der Waals surface area contributed by atoms with Crippen LogP contribution in [-0.2, 0) is 4.74 Å². The highest BCUT2D eigenvalue weighted by Gasteiger charge is 2.23. The number of nitrogens with zero attached hydrogens (tertiary/aromatic N) is 2. The maximum atomic E-state index is 10.9. The summed E-state index contributed by atoms with van der Waals surface area (Å²) in [6, 6.07) is 4.60. The second-order valence-corrected chi connectivity index (χ2v) is 4.21. The monoisotopic (exact) mass is 250 g/mol. The third-order valence-corrected chi connectivity index (χ3v) is 3.18. The fourth-order valence-corrected chi connectivity index (χ4v) is 2.15. The quantitative estimate of drug-likeness (QED) is 0.461. The minimum absolute atomic E-state index is 0.110. The van der Waals surface area contributed by atoms with E-state index >= 15 is 0 Å². The Labute approximate surface area is 104 Å². The summed E-state index contributed by atoms with van der Waals surface area (Å²) in [7, 11) is 1.67. The van der Waals surface area contributed by atoms with Crippen molar-refractivity contribution < 1.29 is 14.5 Å². The number of hydrogen-bond acceptors (Lipinski definition) is 5. The van der Waals surface area contributed by atoms with Crippen LogP contribution in [0.1, 0.15) is 16.8 Å². The van der Waals surface area contributed by atoms with Crippen LogP contribution in [0.25, 0.3) is 0 Å². The third-order valence-electron chi connectivity index (χ3n) is 3.18. The zero-order valence-electron chi connectivity index (χ0n) is 10.0. The number of ether oxygens (including phenoxy) is 1. The van der Waals surface area contributed by atoms with Crippen molar-refractivity contribution in [2.45, 2.75) is 12.5 Å². The highest BCUT2D eigenvalue weighted by Crippen LogP contribution is 2.26. The largest absolute Gasteiger partial charge is 0.380 e. The lowest BCUT2D eigenvalue weighted by molar-refractivity contribution is -0.385. The number of rotatable bonds is 4. The fraction of sp³-hybridized carbons (Fsp3) is 0.417. The zero-order chi connectivity index (χ0) is 13.1. The van der Waals surface area contributed by atoms with Gasteiger partial charge in [-0.25, -0.2) is 0 Å². The summed E-state index contributed by atoms with van der Waals surface area (Å²) < 4.78 is 5.26. The molecule has 96 valence electrons. The maximum absolute atomic E-state index is 10.9. The third kappa shape index (κ3) is 2.33. The minimum atomic E-state index is -0.546. The molecular formula is C12H14N2O4. The van der Waals surface area contributed by atoms with Gasteiger partial charge in [-0.1, -0.05) is 0 Å². The van der Waals surface area contributed by atoms with Gasteiger partial charge in [-0.2, -0.15) is 0 Å². The molecule has 2 rings (SSSR count). The van der Waals surface area contributed by atoms with E-state index in [1.165, 1.54) is 6.07 Å². The molecule has 0 radical (unpaired) electrons. The Bertz CT molecular complexity index is 475. The van der Waals surface area contributed by atoms with Gasteiger partial charge >= 0.3 is 0 Å². The molecule has 1 aromatic rings. The summed E-state index contributed by atoms with van der Waals surface area (Å²) in [5, 5.41) is 10.7. The topological polar surface area (TPSA) is 72.7 Å². The molecule has 6 heteroatoms. The predicted octanol–water partition coefficient (Wildman–Crippen LogP) is 1.63. The van der Waals surface area contributed by atoms with Crippen molar-refractivity contribution in [2.24, 2.45) is 0 Å². The first-order chi connectivity index (χ1) is 8.65. The number of hydrogen-bond donors (Lipinski definition) is 0. The van der Waals surface area contributed by atoms with Crippen molar-refractivity contribution in [3.05, 3.63) is 33.9 Å². The van der Waals surface area contributed by atoms with Crippen LogP contribution in [0.15, 0.2) is 18.2 Å². The highest BCUT2D eigenvalue weighted by atomic mass is 16.6. The van der Waals surface area contributed by atoms with Crippen LogP contribution in [0.3, 0.4) is 0 Å². The molecule has 0 N–H and O–H groups in total. The molecule has 1 aromatic carbocycles. The molecule has 0 saturated carbocycles. The predicted molar refractivity (Wildman–Crippen MR) is 66.1 cm³/mol. The van der Waals surface area contributed by atoms with Crippen LogP contribution in [0.5, 0.6) is 0 Å². The van der Waals surface area contributed by atoms with Crippen molar-refractivity contribution >= 4 is 17.7 Å². The lowest BCUT2D eigenvalue weighted by Crippen LogP contribution is -2.22.